The minimum absolute atomic E-state index is 0.492. The van der Waals surface area contributed by atoms with Crippen LogP contribution in [-0.4, -0.2) is 15.0 Å². The molecule has 0 fully saturated rings. The number of H-pyrrole nitrogens is 1. The molecule has 3 heterocycles. The van der Waals surface area contributed by atoms with Crippen molar-refractivity contribution < 1.29 is 0 Å². The summed E-state index contributed by atoms with van der Waals surface area (Å²) in [6, 6.07) is 7.67. The van der Waals surface area contributed by atoms with E-state index in [-0.39, 0.29) is 0 Å². The minimum Gasteiger partial charge on any atom is -0.384 e. The van der Waals surface area contributed by atoms with Gasteiger partial charge in [0.2, 0.25) is 0 Å². The molecule has 74 valence electrons. The number of hydrogen-bond donors (Lipinski definition) is 2. The fraction of sp³-hybridized carbons (Fsp3) is 0. The number of anilines is 1. The Bertz CT molecular complexity index is 597. The van der Waals surface area contributed by atoms with Gasteiger partial charge in [-0.25, -0.2) is 9.97 Å². The highest BCUT2D eigenvalue weighted by molar-refractivity contribution is 7.13. The van der Waals surface area contributed by atoms with Crippen molar-refractivity contribution >= 4 is 28.3 Å². The number of imidazole rings is 1. The summed E-state index contributed by atoms with van der Waals surface area (Å²) < 4.78 is 0. The number of rotatable bonds is 1. The molecular weight excluding hydrogens is 208 g/mol. The summed E-state index contributed by atoms with van der Waals surface area (Å²) in [5, 5.41) is 2.02. The predicted molar refractivity (Wildman–Crippen MR) is 61.6 cm³/mol. The van der Waals surface area contributed by atoms with Gasteiger partial charge in [0.15, 0.2) is 11.5 Å². The molecule has 0 aliphatic carbocycles. The van der Waals surface area contributed by atoms with E-state index in [4.69, 9.17) is 5.73 Å². The van der Waals surface area contributed by atoms with Crippen LogP contribution in [0.2, 0.25) is 0 Å². The standard InChI is InChI=1S/C10H8N4S/c11-8-4-3-6-9(13-8)14-10(12-6)7-2-1-5-15-7/h1-5H,(H3,11,12,13,14). The fourth-order valence-electron chi connectivity index (χ4n) is 1.44. The Morgan fingerprint density at radius 1 is 1.20 bits per heavy atom. The van der Waals surface area contributed by atoms with Gasteiger partial charge in [-0.15, -0.1) is 11.3 Å². The molecule has 0 aliphatic heterocycles. The zero-order chi connectivity index (χ0) is 10.3. The second kappa shape index (κ2) is 3.06. The van der Waals surface area contributed by atoms with Crippen LogP contribution in [0.4, 0.5) is 5.82 Å². The molecule has 0 atom stereocenters. The van der Waals surface area contributed by atoms with E-state index in [1.165, 1.54) is 0 Å². The number of nitrogen functional groups attached to an aromatic ring is 1. The zero-order valence-electron chi connectivity index (χ0n) is 7.77. The quantitative estimate of drug-likeness (QED) is 0.655. The molecule has 3 aromatic heterocycles. The Hall–Kier alpha value is -1.88. The Kier molecular flexibility index (Phi) is 1.72. The van der Waals surface area contributed by atoms with Crippen molar-refractivity contribution in [1.29, 1.82) is 0 Å². The minimum atomic E-state index is 0.492. The van der Waals surface area contributed by atoms with Crippen molar-refractivity contribution in [3.05, 3.63) is 29.6 Å². The highest BCUT2D eigenvalue weighted by atomic mass is 32.1. The third kappa shape index (κ3) is 1.37. The van der Waals surface area contributed by atoms with E-state index >= 15 is 0 Å². The largest absolute Gasteiger partial charge is 0.384 e. The van der Waals surface area contributed by atoms with Crippen molar-refractivity contribution in [1.82, 2.24) is 15.0 Å². The van der Waals surface area contributed by atoms with Crippen LogP contribution in [0.3, 0.4) is 0 Å². The SMILES string of the molecule is Nc1ccc2[nH]c(-c3cccs3)nc2n1. The van der Waals surface area contributed by atoms with E-state index in [0.717, 1.165) is 16.2 Å². The molecule has 0 saturated carbocycles. The molecule has 3 rings (SSSR count). The van der Waals surface area contributed by atoms with Crippen LogP contribution < -0.4 is 5.73 Å². The number of nitrogens with zero attached hydrogens (tertiary/aromatic N) is 2. The summed E-state index contributed by atoms with van der Waals surface area (Å²) in [6.45, 7) is 0. The first-order valence-electron chi connectivity index (χ1n) is 4.49. The Labute approximate surface area is 89.8 Å². The van der Waals surface area contributed by atoms with Gasteiger partial charge in [-0.05, 0) is 23.6 Å². The third-order valence-electron chi connectivity index (χ3n) is 2.12. The van der Waals surface area contributed by atoms with Crippen LogP contribution in [0.1, 0.15) is 0 Å². The van der Waals surface area contributed by atoms with Crippen LogP contribution in [0, 0.1) is 0 Å². The molecule has 5 heteroatoms. The molecule has 3 aromatic rings. The summed E-state index contributed by atoms with van der Waals surface area (Å²) in [5.74, 6) is 1.34. The Morgan fingerprint density at radius 3 is 2.93 bits per heavy atom. The maximum absolute atomic E-state index is 5.59. The Balaban J connectivity index is 2.22. The van der Waals surface area contributed by atoms with E-state index in [9.17, 15) is 0 Å². The molecule has 15 heavy (non-hydrogen) atoms. The second-order valence-corrected chi connectivity index (χ2v) is 4.12. The lowest BCUT2D eigenvalue weighted by Gasteiger charge is -1.88. The van der Waals surface area contributed by atoms with Crippen LogP contribution in [0.25, 0.3) is 21.9 Å². The lowest BCUT2D eigenvalue weighted by atomic mass is 10.4. The van der Waals surface area contributed by atoms with Crippen LogP contribution in [-0.2, 0) is 0 Å². The molecule has 0 aromatic carbocycles. The van der Waals surface area contributed by atoms with Gasteiger partial charge in [-0.1, -0.05) is 6.07 Å². The molecule has 0 bridgehead atoms. The first-order chi connectivity index (χ1) is 7.33. The van der Waals surface area contributed by atoms with Gasteiger partial charge >= 0.3 is 0 Å². The van der Waals surface area contributed by atoms with E-state index in [2.05, 4.69) is 15.0 Å². The summed E-state index contributed by atoms with van der Waals surface area (Å²) in [5.41, 5.74) is 7.16. The molecule has 4 nitrogen and oxygen atoms in total. The maximum Gasteiger partial charge on any atom is 0.180 e. The van der Waals surface area contributed by atoms with E-state index < -0.39 is 0 Å². The monoisotopic (exact) mass is 216 g/mol. The van der Waals surface area contributed by atoms with Gasteiger partial charge in [0.25, 0.3) is 0 Å². The first kappa shape index (κ1) is 8.43. The molecule has 3 N–H and O–H groups in total. The molecular formula is C10H8N4S. The average Bonchev–Trinajstić information content (AvgIpc) is 2.84. The molecule has 0 radical (unpaired) electrons. The third-order valence-corrected chi connectivity index (χ3v) is 3.00. The number of aromatic amines is 1. The van der Waals surface area contributed by atoms with Crippen molar-refractivity contribution in [2.75, 3.05) is 5.73 Å². The molecule has 0 aliphatic rings. The normalized spacial score (nSPS) is 10.9. The number of nitrogens with two attached hydrogens (primary N) is 1. The van der Waals surface area contributed by atoms with Gasteiger partial charge in [-0.3, -0.25) is 0 Å². The molecule has 0 amide bonds. The van der Waals surface area contributed by atoms with E-state index in [1.54, 1.807) is 17.4 Å². The first-order valence-corrected chi connectivity index (χ1v) is 5.37. The molecule has 0 spiro atoms. The van der Waals surface area contributed by atoms with Gasteiger partial charge in [0.05, 0.1) is 10.4 Å². The van der Waals surface area contributed by atoms with Gasteiger partial charge in [0, 0.05) is 0 Å². The summed E-state index contributed by atoms with van der Waals surface area (Å²) in [7, 11) is 0. The number of nitrogens with one attached hydrogen (secondary N) is 1. The maximum atomic E-state index is 5.59. The van der Waals surface area contributed by atoms with Crippen LogP contribution in [0.5, 0.6) is 0 Å². The van der Waals surface area contributed by atoms with Crippen LogP contribution in [0.15, 0.2) is 29.6 Å². The van der Waals surface area contributed by atoms with Crippen molar-refractivity contribution in [3.8, 4) is 10.7 Å². The number of hydrogen-bond acceptors (Lipinski definition) is 4. The van der Waals surface area contributed by atoms with E-state index in [0.29, 0.717) is 11.5 Å². The van der Waals surface area contributed by atoms with Crippen LogP contribution >= 0.6 is 11.3 Å². The molecule has 0 saturated heterocycles. The molecule has 0 unspecified atom stereocenters. The number of aromatic nitrogens is 3. The van der Waals surface area contributed by atoms with Crippen molar-refractivity contribution in [2.24, 2.45) is 0 Å². The lowest BCUT2D eigenvalue weighted by molar-refractivity contribution is 1.32. The van der Waals surface area contributed by atoms with E-state index in [1.807, 2.05) is 23.6 Å². The summed E-state index contributed by atoms with van der Waals surface area (Å²) in [4.78, 5) is 12.8. The van der Waals surface area contributed by atoms with Gasteiger partial charge in [0.1, 0.15) is 5.82 Å². The summed E-state index contributed by atoms with van der Waals surface area (Å²) in [6.07, 6.45) is 0. The second-order valence-electron chi connectivity index (χ2n) is 3.17. The predicted octanol–water partition coefficient (Wildman–Crippen LogP) is 2.27. The van der Waals surface area contributed by atoms with Crippen molar-refractivity contribution in [2.45, 2.75) is 0 Å². The number of pyridine rings is 1. The number of thiophene rings is 1. The van der Waals surface area contributed by atoms with Gasteiger partial charge in [-0.2, -0.15) is 0 Å². The zero-order valence-corrected chi connectivity index (χ0v) is 8.58. The Morgan fingerprint density at radius 2 is 2.13 bits per heavy atom. The highest BCUT2D eigenvalue weighted by Gasteiger charge is 2.06. The topological polar surface area (TPSA) is 67.6 Å². The highest BCUT2D eigenvalue weighted by Crippen LogP contribution is 2.23. The summed E-state index contributed by atoms with van der Waals surface area (Å²) >= 11 is 1.64. The smallest absolute Gasteiger partial charge is 0.180 e. The van der Waals surface area contributed by atoms with Gasteiger partial charge < -0.3 is 10.7 Å². The number of fused-ring (bicyclic) bond motifs is 1. The van der Waals surface area contributed by atoms with Crippen molar-refractivity contribution in [3.63, 3.8) is 0 Å². The average molecular weight is 216 g/mol. The lowest BCUT2D eigenvalue weighted by Crippen LogP contribution is -1.88. The fourth-order valence-corrected chi connectivity index (χ4v) is 2.11.